The van der Waals surface area contributed by atoms with E-state index < -0.39 is 29.2 Å². The number of piperidine rings is 1. The number of para-hydroxylation sites is 1. The van der Waals surface area contributed by atoms with Crippen molar-refractivity contribution in [1.82, 2.24) is 14.7 Å². The van der Waals surface area contributed by atoms with Gasteiger partial charge in [0.15, 0.2) is 11.4 Å². The zero-order valence-electron chi connectivity index (χ0n) is 17.1. The minimum atomic E-state index is -1.41. The summed E-state index contributed by atoms with van der Waals surface area (Å²) in [7, 11) is 0. The Morgan fingerprint density at radius 1 is 1.24 bits per heavy atom. The summed E-state index contributed by atoms with van der Waals surface area (Å²) in [5.41, 5.74) is 5.23. The van der Waals surface area contributed by atoms with Crippen LogP contribution < -0.4 is 11.1 Å². The summed E-state index contributed by atoms with van der Waals surface area (Å²) in [6, 6.07) is 8.74. The van der Waals surface area contributed by atoms with Gasteiger partial charge in [0.1, 0.15) is 22.9 Å². The highest BCUT2D eigenvalue weighted by Crippen LogP contribution is 2.45. The van der Waals surface area contributed by atoms with E-state index >= 15 is 4.39 Å². The van der Waals surface area contributed by atoms with Gasteiger partial charge in [0, 0.05) is 6.54 Å². The number of rotatable bonds is 2. The van der Waals surface area contributed by atoms with E-state index in [-0.39, 0.29) is 39.9 Å². The topological polar surface area (TPSA) is 102 Å². The van der Waals surface area contributed by atoms with E-state index in [0.29, 0.717) is 19.4 Å². The molecule has 3 N–H and O–H groups in total. The molecule has 3 aromatic rings. The molecule has 0 unspecified atom stereocenters. The van der Waals surface area contributed by atoms with E-state index in [2.05, 4.69) is 10.4 Å². The van der Waals surface area contributed by atoms with E-state index in [1.807, 2.05) is 0 Å². The van der Waals surface area contributed by atoms with Crippen LogP contribution in [0.2, 0.25) is 5.02 Å². The van der Waals surface area contributed by atoms with Gasteiger partial charge in [0.05, 0.1) is 29.0 Å². The summed E-state index contributed by atoms with van der Waals surface area (Å²) in [6.07, 6.45) is 1.25. The average Bonchev–Trinajstić information content (AvgIpc) is 3.17. The molecule has 0 saturated carbocycles. The second-order valence-electron chi connectivity index (χ2n) is 7.93. The summed E-state index contributed by atoms with van der Waals surface area (Å²) >= 11 is 5.99. The van der Waals surface area contributed by atoms with E-state index in [1.165, 1.54) is 41.4 Å². The molecular weight excluding hydrogens is 456 g/mol. The Hall–Kier alpha value is -3.66. The van der Waals surface area contributed by atoms with Gasteiger partial charge in [-0.05, 0) is 37.1 Å². The molecule has 2 aliphatic rings. The first kappa shape index (κ1) is 21.2. The minimum Gasteiger partial charge on any atom is -0.436 e. The number of amides is 2. The molecule has 33 heavy (non-hydrogen) atoms. The molecule has 5 rings (SSSR count). The maximum atomic E-state index is 15.0. The standard InChI is InChI=1S/C22H18ClF2N5O3/c23-13-6-7-15-17(18(13)25)22(33-21(32)28-15)8-3-9-29(11-22)20(31)12-10-27-30(19(12)26)16-5-2-1-4-14(16)24/h1-2,4-7,10H,3,8-9,11,26H2,(H,28,32)/t22-/m0/s1. The number of nitrogens with two attached hydrogens (primary N) is 1. The Morgan fingerprint density at radius 3 is 2.82 bits per heavy atom. The van der Waals surface area contributed by atoms with Crippen LogP contribution in [0, 0.1) is 11.6 Å². The number of nitrogens with one attached hydrogen (secondary N) is 1. The van der Waals surface area contributed by atoms with Gasteiger partial charge < -0.3 is 15.4 Å². The summed E-state index contributed by atoms with van der Waals surface area (Å²) in [5.74, 6) is -1.79. The molecule has 0 radical (unpaired) electrons. The van der Waals surface area contributed by atoms with Crippen molar-refractivity contribution in [2.24, 2.45) is 0 Å². The maximum Gasteiger partial charge on any atom is 0.412 e. The average molecular weight is 474 g/mol. The van der Waals surface area contributed by atoms with Gasteiger partial charge in [0.2, 0.25) is 0 Å². The van der Waals surface area contributed by atoms with Crippen molar-refractivity contribution in [3.05, 3.63) is 70.4 Å². The molecule has 8 nitrogen and oxygen atoms in total. The van der Waals surface area contributed by atoms with Crippen LogP contribution in [0.3, 0.4) is 0 Å². The number of nitrogens with zero attached hydrogens (tertiary/aromatic N) is 3. The number of nitrogen functional groups attached to an aromatic ring is 1. The molecule has 11 heteroatoms. The van der Waals surface area contributed by atoms with Crippen molar-refractivity contribution in [3.8, 4) is 5.69 Å². The van der Waals surface area contributed by atoms with E-state index in [1.54, 1.807) is 6.07 Å². The number of aromatic nitrogens is 2. The first-order valence-electron chi connectivity index (χ1n) is 10.2. The van der Waals surface area contributed by atoms with Crippen LogP contribution in [-0.4, -0.2) is 39.8 Å². The van der Waals surface area contributed by atoms with E-state index in [9.17, 15) is 14.0 Å². The highest BCUT2D eigenvalue weighted by Gasteiger charge is 2.48. The molecule has 0 bridgehead atoms. The number of carbonyl (C=O) groups excluding carboxylic acids is 2. The number of likely N-dealkylation sites (tertiary alicyclic amines) is 1. The number of carbonyl (C=O) groups is 2. The smallest absolute Gasteiger partial charge is 0.412 e. The van der Waals surface area contributed by atoms with Gasteiger partial charge in [-0.1, -0.05) is 23.7 Å². The Bertz CT molecular complexity index is 1300. The summed E-state index contributed by atoms with van der Waals surface area (Å²) in [6.45, 7) is 0.223. The predicted molar refractivity (Wildman–Crippen MR) is 116 cm³/mol. The summed E-state index contributed by atoms with van der Waals surface area (Å²) in [5, 5.41) is 6.43. The van der Waals surface area contributed by atoms with Crippen molar-refractivity contribution < 1.29 is 23.1 Å². The van der Waals surface area contributed by atoms with Crippen molar-refractivity contribution in [2.45, 2.75) is 18.4 Å². The van der Waals surface area contributed by atoms with Crippen molar-refractivity contribution in [1.29, 1.82) is 0 Å². The van der Waals surface area contributed by atoms with Gasteiger partial charge >= 0.3 is 6.09 Å². The molecule has 1 spiro atoms. The lowest BCUT2D eigenvalue weighted by Crippen LogP contribution is -2.53. The highest BCUT2D eigenvalue weighted by molar-refractivity contribution is 6.31. The lowest BCUT2D eigenvalue weighted by Gasteiger charge is -2.45. The van der Waals surface area contributed by atoms with Gasteiger partial charge in [-0.2, -0.15) is 5.10 Å². The predicted octanol–water partition coefficient (Wildman–Crippen LogP) is 4.08. The second-order valence-corrected chi connectivity index (χ2v) is 8.34. The summed E-state index contributed by atoms with van der Waals surface area (Å²) in [4.78, 5) is 27.0. The van der Waals surface area contributed by atoms with E-state index in [4.69, 9.17) is 22.1 Å². The molecule has 2 amide bonds. The third-order valence-electron chi connectivity index (χ3n) is 5.93. The fraction of sp³-hybridized carbons (Fsp3) is 0.227. The molecular formula is C22H18ClF2N5O3. The van der Waals surface area contributed by atoms with Gasteiger partial charge in [-0.15, -0.1) is 0 Å². The van der Waals surface area contributed by atoms with Gasteiger partial charge in [-0.3, -0.25) is 10.1 Å². The normalized spacial score (nSPS) is 19.7. The molecule has 1 aromatic heterocycles. The van der Waals surface area contributed by atoms with Crippen LogP contribution in [0.15, 0.2) is 42.6 Å². The zero-order chi connectivity index (χ0) is 23.3. The lowest BCUT2D eigenvalue weighted by atomic mass is 9.83. The SMILES string of the molecule is Nc1c(C(=O)N2CCC[C@@]3(C2)OC(=O)Nc2ccc(Cl)c(F)c23)cnn1-c1ccccc1F. The first-order chi connectivity index (χ1) is 15.8. The Labute approximate surface area is 191 Å². The Kier molecular flexibility index (Phi) is 4.97. The van der Waals surface area contributed by atoms with Crippen LogP contribution in [-0.2, 0) is 10.3 Å². The number of fused-ring (bicyclic) bond motifs is 2. The lowest BCUT2D eigenvalue weighted by molar-refractivity contribution is -0.0418. The second kappa shape index (κ2) is 7.73. The number of benzene rings is 2. The number of ether oxygens (including phenoxy) is 1. The van der Waals surface area contributed by atoms with Crippen molar-refractivity contribution >= 4 is 35.1 Å². The number of anilines is 2. The number of halogens is 3. The molecule has 1 fully saturated rings. The van der Waals surface area contributed by atoms with E-state index in [0.717, 1.165) is 4.68 Å². The first-order valence-corrected chi connectivity index (χ1v) is 10.5. The quantitative estimate of drug-likeness (QED) is 0.584. The molecule has 170 valence electrons. The zero-order valence-corrected chi connectivity index (χ0v) is 17.9. The highest BCUT2D eigenvalue weighted by atomic mass is 35.5. The largest absolute Gasteiger partial charge is 0.436 e. The van der Waals surface area contributed by atoms with Crippen LogP contribution in [0.1, 0.15) is 28.8 Å². The van der Waals surface area contributed by atoms with Crippen LogP contribution in [0.4, 0.5) is 25.1 Å². The number of hydrogen-bond acceptors (Lipinski definition) is 5. The third-order valence-corrected chi connectivity index (χ3v) is 6.23. The van der Waals surface area contributed by atoms with Crippen LogP contribution >= 0.6 is 11.6 Å². The van der Waals surface area contributed by atoms with Crippen LogP contribution in [0.5, 0.6) is 0 Å². The van der Waals surface area contributed by atoms with Gasteiger partial charge in [-0.25, -0.2) is 18.3 Å². The molecule has 3 heterocycles. The maximum absolute atomic E-state index is 15.0. The Balaban J connectivity index is 1.50. The monoisotopic (exact) mass is 473 g/mol. The molecule has 1 atom stereocenters. The fourth-order valence-electron chi connectivity index (χ4n) is 4.46. The molecule has 0 aliphatic carbocycles. The van der Waals surface area contributed by atoms with Crippen molar-refractivity contribution in [3.63, 3.8) is 0 Å². The molecule has 2 aromatic carbocycles. The summed E-state index contributed by atoms with van der Waals surface area (Å²) < 4.78 is 36.0. The number of hydrogen-bond donors (Lipinski definition) is 2. The van der Waals surface area contributed by atoms with Gasteiger partial charge in [0.25, 0.3) is 5.91 Å². The molecule has 1 saturated heterocycles. The van der Waals surface area contributed by atoms with Crippen molar-refractivity contribution in [2.75, 3.05) is 24.1 Å². The molecule has 2 aliphatic heterocycles. The fourth-order valence-corrected chi connectivity index (χ4v) is 4.61. The Morgan fingerprint density at radius 2 is 2.03 bits per heavy atom. The third kappa shape index (κ3) is 3.37. The minimum absolute atomic E-state index is 0.0401. The van der Waals surface area contributed by atoms with Crippen LogP contribution in [0.25, 0.3) is 5.69 Å².